The Hall–Kier alpha value is -0.375. The molecule has 0 amide bonds. The molecule has 3 heteroatoms. The van der Waals surface area contributed by atoms with E-state index in [1.807, 2.05) is 24.5 Å². The van der Waals surface area contributed by atoms with E-state index < -0.39 is 0 Å². The SMILES string of the molecule is [Hg][n]1cnc2ccccc21. The number of hydrogen-bond donors (Lipinski definition) is 0. The van der Waals surface area contributed by atoms with Crippen LogP contribution in [0.25, 0.3) is 11.0 Å². The molecule has 0 saturated heterocycles. The predicted molar refractivity (Wildman–Crippen MR) is 35.1 cm³/mol. The fraction of sp³-hybridized carbons (Fsp3) is 0. The molecule has 0 fully saturated rings. The normalized spacial score (nSPS) is 10.6. The zero-order valence-electron chi connectivity index (χ0n) is 5.49. The van der Waals surface area contributed by atoms with Gasteiger partial charge < -0.3 is 0 Å². The van der Waals surface area contributed by atoms with Gasteiger partial charge in [-0.1, -0.05) is 0 Å². The number of imidazole rings is 1. The molecule has 1 heterocycles. The summed E-state index contributed by atoms with van der Waals surface area (Å²) >= 11 is 0.621. The van der Waals surface area contributed by atoms with E-state index in [-0.39, 0.29) is 0 Å². The molecular weight excluding hydrogens is 313 g/mol. The summed E-state index contributed by atoms with van der Waals surface area (Å²) < 4.78 is 2.20. The van der Waals surface area contributed by atoms with Gasteiger partial charge in [0.05, 0.1) is 0 Å². The van der Waals surface area contributed by atoms with Gasteiger partial charge in [-0.2, -0.15) is 0 Å². The number of fused-ring (bicyclic) bond motifs is 1. The molecule has 0 radical (unpaired) electrons. The van der Waals surface area contributed by atoms with Gasteiger partial charge in [-0.05, 0) is 0 Å². The third kappa shape index (κ3) is 0.869. The van der Waals surface area contributed by atoms with Crippen LogP contribution in [-0.4, -0.2) is 7.32 Å². The van der Waals surface area contributed by atoms with Gasteiger partial charge in [0.25, 0.3) is 0 Å². The Morgan fingerprint density at radius 3 is 2.90 bits per heavy atom. The first-order valence-electron chi connectivity index (χ1n) is 3.11. The van der Waals surface area contributed by atoms with Crippen LogP contribution in [0, 0.1) is 0 Å². The van der Waals surface area contributed by atoms with Crippen molar-refractivity contribution in [3.63, 3.8) is 0 Å². The minimum atomic E-state index is 0.621. The standard InChI is InChI=1S/C7H5N2.Hg/c1-2-4-7-6(3-1)8-5-9-7;/h1-5H;/q-1;+1. The first-order valence-corrected chi connectivity index (χ1v) is 5.57. The Bertz CT molecular complexity index is 353. The van der Waals surface area contributed by atoms with Crippen LogP contribution in [0.1, 0.15) is 0 Å². The maximum absolute atomic E-state index is 4.23. The third-order valence-corrected chi connectivity index (χ3v) is 3.49. The molecular formula is C7H5HgN2. The van der Waals surface area contributed by atoms with E-state index in [9.17, 15) is 0 Å². The Kier molecular flexibility index (Phi) is 1.49. The molecule has 2 rings (SSSR count). The Morgan fingerprint density at radius 1 is 1.30 bits per heavy atom. The van der Waals surface area contributed by atoms with Crippen molar-refractivity contribution >= 4 is 11.0 Å². The average molecular weight is 318 g/mol. The summed E-state index contributed by atoms with van der Waals surface area (Å²) in [5.41, 5.74) is 2.38. The topological polar surface area (TPSA) is 17.8 Å². The molecule has 2 nitrogen and oxygen atoms in total. The quantitative estimate of drug-likeness (QED) is 0.671. The average Bonchev–Trinajstić information content (AvgIpc) is 2.34. The molecule has 0 N–H and O–H groups in total. The van der Waals surface area contributed by atoms with Crippen LogP contribution in [0.15, 0.2) is 30.6 Å². The molecule has 0 aliphatic carbocycles. The van der Waals surface area contributed by atoms with Crippen molar-refractivity contribution in [1.29, 1.82) is 0 Å². The summed E-state index contributed by atoms with van der Waals surface area (Å²) in [7, 11) is 0. The Labute approximate surface area is 75.3 Å². The first-order chi connectivity index (χ1) is 4.88. The van der Waals surface area contributed by atoms with Crippen molar-refractivity contribution in [1.82, 2.24) is 7.32 Å². The summed E-state index contributed by atoms with van der Waals surface area (Å²) in [6.45, 7) is 0. The Balaban J connectivity index is 2.93. The van der Waals surface area contributed by atoms with Crippen LogP contribution in [0.4, 0.5) is 0 Å². The van der Waals surface area contributed by atoms with Gasteiger partial charge >= 0.3 is 75.4 Å². The fourth-order valence-electron chi connectivity index (χ4n) is 1.01. The van der Waals surface area contributed by atoms with Crippen molar-refractivity contribution < 1.29 is 26.4 Å². The van der Waals surface area contributed by atoms with E-state index in [0.29, 0.717) is 26.4 Å². The first kappa shape index (κ1) is 6.34. The van der Waals surface area contributed by atoms with Crippen molar-refractivity contribution in [3.8, 4) is 0 Å². The molecule has 1 aromatic heterocycles. The number of aromatic nitrogens is 2. The van der Waals surface area contributed by atoms with Gasteiger partial charge in [0.15, 0.2) is 0 Å². The van der Waals surface area contributed by atoms with E-state index in [1.165, 1.54) is 5.52 Å². The Morgan fingerprint density at radius 2 is 2.10 bits per heavy atom. The molecule has 45 valence electrons. The zero-order chi connectivity index (χ0) is 6.97. The molecule has 0 aliphatic heterocycles. The molecule has 0 aliphatic rings. The van der Waals surface area contributed by atoms with Crippen LogP contribution >= 0.6 is 0 Å². The number of para-hydroxylation sites is 2. The maximum atomic E-state index is 4.23. The van der Waals surface area contributed by atoms with Crippen LogP contribution in [0.3, 0.4) is 0 Å². The molecule has 0 bridgehead atoms. The van der Waals surface area contributed by atoms with E-state index in [2.05, 4.69) is 13.4 Å². The van der Waals surface area contributed by atoms with Crippen molar-refractivity contribution in [2.45, 2.75) is 0 Å². The zero-order valence-corrected chi connectivity index (χ0v) is 11.0. The molecule has 0 unspecified atom stereocenters. The number of benzene rings is 1. The van der Waals surface area contributed by atoms with Gasteiger partial charge in [-0.25, -0.2) is 0 Å². The van der Waals surface area contributed by atoms with Gasteiger partial charge in [0.1, 0.15) is 0 Å². The monoisotopic (exact) mass is 319 g/mol. The summed E-state index contributed by atoms with van der Waals surface area (Å²) in [5, 5.41) is 0. The molecule has 10 heavy (non-hydrogen) atoms. The van der Waals surface area contributed by atoms with E-state index in [4.69, 9.17) is 0 Å². The summed E-state index contributed by atoms with van der Waals surface area (Å²) in [4.78, 5) is 4.23. The molecule has 0 spiro atoms. The van der Waals surface area contributed by atoms with E-state index in [0.717, 1.165) is 5.52 Å². The van der Waals surface area contributed by atoms with Crippen molar-refractivity contribution in [3.05, 3.63) is 30.6 Å². The summed E-state index contributed by atoms with van der Waals surface area (Å²) in [5.74, 6) is 0. The van der Waals surface area contributed by atoms with Crippen LogP contribution < -0.4 is 0 Å². The molecule has 2 aromatic rings. The minimum absolute atomic E-state index is 0.621. The molecule has 0 atom stereocenters. The van der Waals surface area contributed by atoms with Gasteiger partial charge in [-0.15, -0.1) is 0 Å². The predicted octanol–water partition coefficient (Wildman–Crippen LogP) is 1.35. The fourth-order valence-corrected chi connectivity index (χ4v) is 2.37. The summed E-state index contributed by atoms with van der Waals surface area (Å²) in [6.07, 6.45) is 1.91. The molecule has 0 saturated carbocycles. The van der Waals surface area contributed by atoms with Crippen molar-refractivity contribution in [2.24, 2.45) is 0 Å². The number of nitrogens with zero attached hydrogens (tertiary/aromatic N) is 2. The third-order valence-electron chi connectivity index (χ3n) is 1.53. The van der Waals surface area contributed by atoms with E-state index >= 15 is 0 Å². The second-order valence-electron chi connectivity index (χ2n) is 2.20. The van der Waals surface area contributed by atoms with Crippen molar-refractivity contribution in [2.75, 3.05) is 0 Å². The summed E-state index contributed by atoms with van der Waals surface area (Å²) in [6, 6.07) is 8.21. The number of hydrogen-bond acceptors (Lipinski definition) is 1. The second-order valence-corrected chi connectivity index (χ2v) is 4.85. The van der Waals surface area contributed by atoms with Gasteiger partial charge in [-0.3, -0.25) is 0 Å². The van der Waals surface area contributed by atoms with Crippen LogP contribution in [-0.2, 0) is 26.4 Å². The van der Waals surface area contributed by atoms with Crippen LogP contribution in [0.5, 0.6) is 0 Å². The number of rotatable bonds is 0. The van der Waals surface area contributed by atoms with Gasteiger partial charge in [0, 0.05) is 0 Å². The second kappa shape index (κ2) is 2.34. The van der Waals surface area contributed by atoms with E-state index in [1.54, 1.807) is 0 Å². The van der Waals surface area contributed by atoms with Gasteiger partial charge in [0.2, 0.25) is 0 Å². The molecule has 1 aromatic carbocycles. The van der Waals surface area contributed by atoms with Crippen LogP contribution in [0.2, 0.25) is 0 Å².